The maximum Gasteiger partial charge on any atom is 0.0592 e. The topological polar surface area (TPSA) is 16.1 Å². The van der Waals surface area contributed by atoms with Crippen LogP contribution < -0.4 is 4.90 Å². The molecule has 1 heterocycles. The van der Waals surface area contributed by atoms with Gasteiger partial charge in [-0.3, -0.25) is 4.98 Å². The summed E-state index contributed by atoms with van der Waals surface area (Å²) in [4.78, 5) is 6.19. The molecule has 0 radical (unpaired) electrons. The average Bonchev–Trinajstić information content (AvgIpc) is 2.15. The second-order valence-electron chi connectivity index (χ2n) is 3.32. The fourth-order valence-corrected chi connectivity index (χ4v) is 1.82. The standard InChI is InChI=1S/C10H14BrClN2/c1-8(12)4-6-14(2)10-3-5-13-7-9(10)11/h3,5,7-8H,4,6H2,1-2H3. The summed E-state index contributed by atoms with van der Waals surface area (Å²) in [6.45, 7) is 2.96. The lowest BCUT2D eigenvalue weighted by Gasteiger charge is -2.20. The summed E-state index contributed by atoms with van der Waals surface area (Å²) >= 11 is 9.37. The quantitative estimate of drug-likeness (QED) is 0.785. The number of rotatable bonds is 4. The lowest BCUT2D eigenvalue weighted by Crippen LogP contribution is -2.20. The highest BCUT2D eigenvalue weighted by molar-refractivity contribution is 9.10. The summed E-state index contributed by atoms with van der Waals surface area (Å²) < 4.78 is 1.02. The molecule has 0 aliphatic carbocycles. The Hall–Kier alpha value is -0.280. The van der Waals surface area contributed by atoms with Gasteiger partial charge in [0.15, 0.2) is 0 Å². The lowest BCUT2D eigenvalue weighted by atomic mass is 10.3. The number of halogens is 2. The van der Waals surface area contributed by atoms with E-state index in [9.17, 15) is 0 Å². The van der Waals surface area contributed by atoms with Crippen LogP contribution in [0.1, 0.15) is 13.3 Å². The van der Waals surface area contributed by atoms with Gasteiger partial charge in [-0.25, -0.2) is 0 Å². The maximum absolute atomic E-state index is 5.90. The van der Waals surface area contributed by atoms with E-state index in [-0.39, 0.29) is 5.38 Å². The number of hydrogen-bond acceptors (Lipinski definition) is 2. The van der Waals surface area contributed by atoms with Gasteiger partial charge in [0.05, 0.1) is 10.2 Å². The van der Waals surface area contributed by atoms with E-state index in [1.54, 1.807) is 12.4 Å². The molecule has 0 aliphatic rings. The van der Waals surface area contributed by atoms with Gasteiger partial charge in [-0.15, -0.1) is 11.6 Å². The average molecular weight is 278 g/mol. The van der Waals surface area contributed by atoms with E-state index in [1.165, 1.54) is 0 Å². The van der Waals surface area contributed by atoms with Gasteiger partial charge in [-0.2, -0.15) is 0 Å². The first-order valence-corrected chi connectivity index (χ1v) is 5.79. The first-order chi connectivity index (χ1) is 6.61. The van der Waals surface area contributed by atoms with Crippen LogP contribution in [-0.4, -0.2) is 24.0 Å². The van der Waals surface area contributed by atoms with Gasteiger partial charge in [0.2, 0.25) is 0 Å². The molecule has 0 spiro atoms. The van der Waals surface area contributed by atoms with Crippen LogP contribution in [0.5, 0.6) is 0 Å². The molecule has 0 N–H and O–H groups in total. The monoisotopic (exact) mass is 276 g/mol. The predicted molar refractivity (Wildman–Crippen MR) is 65.1 cm³/mol. The third-order valence-corrected chi connectivity index (χ3v) is 2.85. The van der Waals surface area contributed by atoms with Crippen LogP contribution in [0.2, 0.25) is 0 Å². The minimum Gasteiger partial charge on any atom is -0.374 e. The number of nitrogens with zero attached hydrogens (tertiary/aromatic N) is 2. The summed E-state index contributed by atoms with van der Waals surface area (Å²) in [5.41, 5.74) is 1.15. The largest absolute Gasteiger partial charge is 0.374 e. The minimum absolute atomic E-state index is 0.220. The zero-order valence-corrected chi connectivity index (χ0v) is 10.7. The van der Waals surface area contributed by atoms with E-state index in [0.717, 1.165) is 23.1 Å². The third kappa shape index (κ3) is 3.46. The number of alkyl halides is 1. The van der Waals surface area contributed by atoms with Gasteiger partial charge in [0, 0.05) is 31.4 Å². The van der Waals surface area contributed by atoms with E-state index in [0.29, 0.717) is 0 Å². The van der Waals surface area contributed by atoms with Crippen molar-refractivity contribution in [1.82, 2.24) is 4.98 Å². The first kappa shape index (κ1) is 11.8. The highest BCUT2D eigenvalue weighted by Gasteiger charge is 2.06. The first-order valence-electron chi connectivity index (χ1n) is 4.56. The molecular weight excluding hydrogens is 263 g/mol. The fourth-order valence-electron chi connectivity index (χ4n) is 1.17. The SMILES string of the molecule is CC(Cl)CCN(C)c1ccncc1Br. The van der Waals surface area contributed by atoms with Crippen LogP contribution >= 0.6 is 27.5 Å². The molecule has 78 valence electrons. The maximum atomic E-state index is 5.90. The fraction of sp³-hybridized carbons (Fsp3) is 0.500. The number of hydrogen-bond donors (Lipinski definition) is 0. The summed E-state index contributed by atoms with van der Waals surface area (Å²) in [7, 11) is 2.05. The Morgan fingerprint density at radius 1 is 1.64 bits per heavy atom. The number of anilines is 1. The molecule has 1 aromatic rings. The van der Waals surface area contributed by atoms with E-state index < -0.39 is 0 Å². The predicted octanol–water partition coefficient (Wildman–Crippen LogP) is 3.30. The van der Waals surface area contributed by atoms with E-state index in [4.69, 9.17) is 11.6 Å². The smallest absolute Gasteiger partial charge is 0.0592 e. The Labute approximate surface area is 98.4 Å². The van der Waals surface area contributed by atoms with Crippen molar-refractivity contribution in [2.75, 3.05) is 18.5 Å². The summed E-state index contributed by atoms with van der Waals surface area (Å²) in [5.74, 6) is 0. The molecular formula is C10H14BrClN2. The van der Waals surface area contributed by atoms with E-state index >= 15 is 0 Å². The van der Waals surface area contributed by atoms with Crippen LogP contribution in [0.25, 0.3) is 0 Å². The molecule has 0 bridgehead atoms. The van der Waals surface area contributed by atoms with Gasteiger partial charge < -0.3 is 4.90 Å². The lowest BCUT2D eigenvalue weighted by molar-refractivity contribution is 0.771. The molecule has 0 amide bonds. The Morgan fingerprint density at radius 2 is 2.36 bits per heavy atom. The third-order valence-electron chi connectivity index (χ3n) is 2.02. The molecule has 1 unspecified atom stereocenters. The summed E-state index contributed by atoms with van der Waals surface area (Å²) in [5, 5.41) is 0.220. The molecule has 0 aliphatic heterocycles. The molecule has 0 saturated carbocycles. The Bertz CT molecular complexity index is 291. The van der Waals surface area contributed by atoms with Gasteiger partial charge in [0.25, 0.3) is 0 Å². The van der Waals surface area contributed by atoms with Crippen LogP contribution in [0.4, 0.5) is 5.69 Å². The molecule has 1 rings (SSSR count). The van der Waals surface area contributed by atoms with Gasteiger partial charge in [-0.05, 0) is 35.3 Å². The Balaban J connectivity index is 2.60. The number of pyridine rings is 1. The highest BCUT2D eigenvalue weighted by atomic mass is 79.9. The highest BCUT2D eigenvalue weighted by Crippen LogP contribution is 2.23. The van der Waals surface area contributed by atoms with Crippen LogP contribution in [0.3, 0.4) is 0 Å². The van der Waals surface area contributed by atoms with Gasteiger partial charge >= 0.3 is 0 Å². The second-order valence-corrected chi connectivity index (χ2v) is 4.92. The molecule has 1 atom stereocenters. The normalized spacial score (nSPS) is 12.6. The van der Waals surface area contributed by atoms with Crippen molar-refractivity contribution in [3.63, 3.8) is 0 Å². The summed E-state index contributed by atoms with van der Waals surface area (Å²) in [6.07, 6.45) is 4.57. The van der Waals surface area contributed by atoms with Crippen LogP contribution in [-0.2, 0) is 0 Å². The van der Waals surface area contributed by atoms with Gasteiger partial charge in [-0.1, -0.05) is 0 Å². The van der Waals surface area contributed by atoms with Crippen molar-refractivity contribution in [3.05, 3.63) is 22.9 Å². The van der Waals surface area contributed by atoms with E-state index in [1.807, 2.05) is 13.0 Å². The molecule has 14 heavy (non-hydrogen) atoms. The van der Waals surface area contributed by atoms with Crippen molar-refractivity contribution in [1.29, 1.82) is 0 Å². The van der Waals surface area contributed by atoms with Crippen molar-refractivity contribution in [2.24, 2.45) is 0 Å². The van der Waals surface area contributed by atoms with Crippen LogP contribution in [0.15, 0.2) is 22.9 Å². The molecule has 2 nitrogen and oxygen atoms in total. The molecule has 0 fully saturated rings. The zero-order valence-electron chi connectivity index (χ0n) is 8.37. The summed E-state index contributed by atoms with van der Waals surface area (Å²) in [6, 6.07) is 1.99. The van der Waals surface area contributed by atoms with Crippen molar-refractivity contribution >= 4 is 33.2 Å². The molecule has 4 heteroatoms. The Kier molecular flexibility index (Phi) is 4.69. The molecule has 0 aromatic carbocycles. The van der Waals surface area contributed by atoms with Crippen molar-refractivity contribution in [2.45, 2.75) is 18.7 Å². The van der Waals surface area contributed by atoms with Crippen molar-refractivity contribution < 1.29 is 0 Å². The van der Waals surface area contributed by atoms with Crippen molar-refractivity contribution in [3.8, 4) is 0 Å². The van der Waals surface area contributed by atoms with E-state index in [2.05, 4.69) is 32.9 Å². The zero-order chi connectivity index (χ0) is 10.6. The second kappa shape index (κ2) is 5.56. The molecule has 1 aromatic heterocycles. The van der Waals surface area contributed by atoms with Gasteiger partial charge in [0.1, 0.15) is 0 Å². The van der Waals surface area contributed by atoms with Crippen LogP contribution in [0, 0.1) is 0 Å². The Morgan fingerprint density at radius 3 is 2.93 bits per heavy atom. The molecule has 0 saturated heterocycles. The number of aromatic nitrogens is 1. The minimum atomic E-state index is 0.220.